The summed E-state index contributed by atoms with van der Waals surface area (Å²) in [5, 5.41) is 3.52. The molecule has 1 aliphatic carbocycles. The third-order valence-electron chi connectivity index (χ3n) is 4.63. The van der Waals surface area contributed by atoms with Crippen LogP contribution in [0.4, 0.5) is 0 Å². The monoisotopic (exact) mass is 269 g/mol. The van der Waals surface area contributed by atoms with E-state index in [9.17, 15) is 0 Å². The fourth-order valence-electron chi connectivity index (χ4n) is 3.11. The van der Waals surface area contributed by atoms with Crippen LogP contribution in [-0.4, -0.2) is 25.3 Å². The van der Waals surface area contributed by atoms with Crippen LogP contribution in [0.1, 0.15) is 78.6 Å². The Morgan fingerprint density at radius 1 is 1.11 bits per heavy atom. The quantitative estimate of drug-likeness (QED) is 0.629. The number of hydrogen-bond acceptors (Lipinski definition) is 2. The van der Waals surface area contributed by atoms with Crippen LogP contribution in [-0.2, 0) is 4.74 Å². The van der Waals surface area contributed by atoms with Crippen molar-refractivity contribution in [3.63, 3.8) is 0 Å². The van der Waals surface area contributed by atoms with Crippen LogP contribution in [0.2, 0.25) is 0 Å². The number of rotatable bonds is 10. The van der Waals surface area contributed by atoms with Crippen molar-refractivity contribution >= 4 is 0 Å². The third-order valence-corrected chi connectivity index (χ3v) is 4.63. The number of likely N-dealkylation sites (N-methyl/N-ethyl adjacent to an activating group) is 1. The summed E-state index contributed by atoms with van der Waals surface area (Å²) in [6.07, 6.45) is 11.8. The molecular formula is C17H35NO. The maximum absolute atomic E-state index is 6.46. The van der Waals surface area contributed by atoms with Gasteiger partial charge in [-0.05, 0) is 31.7 Å². The highest BCUT2D eigenvalue weighted by atomic mass is 16.5. The maximum atomic E-state index is 6.46. The van der Waals surface area contributed by atoms with Crippen LogP contribution in [0, 0.1) is 5.92 Å². The average Bonchev–Trinajstić information content (AvgIpc) is 2.46. The van der Waals surface area contributed by atoms with Gasteiger partial charge in [-0.2, -0.15) is 0 Å². The Bertz CT molecular complexity index is 211. The van der Waals surface area contributed by atoms with Gasteiger partial charge in [-0.15, -0.1) is 0 Å². The van der Waals surface area contributed by atoms with Crippen molar-refractivity contribution in [2.45, 2.75) is 84.2 Å². The molecule has 1 atom stereocenters. The highest BCUT2D eigenvalue weighted by Crippen LogP contribution is 2.32. The van der Waals surface area contributed by atoms with Crippen LogP contribution in [0.25, 0.3) is 0 Å². The highest BCUT2D eigenvalue weighted by molar-refractivity contribution is 4.87. The summed E-state index contributed by atoms with van der Waals surface area (Å²) in [6.45, 7) is 9.85. The number of ether oxygens (including phenoxy) is 1. The Morgan fingerprint density at radius 2 is 1.84 bits per heavy atom. The van der Waals surface area contributed by atoms with E-state index < -0.39 is 0 Å². The molecule has 0 spiro atoms. The van der Waals surface area contributed by atoms with E-state index in [-0.39, 0.29) is 5.60 Å². The lowest BCUT2D eigenvalue weighted by Gasteiger charge is -2.38. The van der Waals surface area contributed by atoms with Gasteiger partial charge in [0.1, 0.15) is 0 Å². The van der Waals surface area contributed by atoms with E-state index in [0.717, 1.165) is 25.6 Å². The van der Waals surface area contributed by atoms with Crippen LogP contribution in [0.3, 0.4) is 0 Å². The Hall–Kier alpha value is -0.0800. The van der Waals surface area contributed by atoms with Crippen LogP contribution in [0.5, 0.6) is 0 Å². The molecule has 0 heterocycles. The van der Waals surface area contributed by atoms with Gasteiger partial charge in [0.15, 0.2) is 0 Å². The molecule has 0 amide bonds. The number of unbranched alkanes of at least 4 members (excludes halogenated alkanes) is 1. The molecule has 114 valence electrons. The molecule has 1 rings (SSSR count). The largest absolute Gasteiger partial charge is 0.373 e. The molecule has 0 aromatic carbocycles. The molecule has 0 bridgehead atoms. The van der Waals surface area contributed by atoms with Crippen molar-refractivity contribution in [1.82, 2.24) is 5.32 Å². The molecule has 2 heteroatoms. The predicted octanol–water partition coefficient (Wildman–Crippen LogP) is 4.53. The molecule has 1 N–H and O–H groups in total. The van der Waals surface area contributed by atoms with Crippen molar-refractivity contribution in [1.29, 1.82) is 0 Å². The van der Waals surface area contributed by atoms with Gasteiger partial charge in [0, 0.05) is 6.54 Å². The maximum Gasteiger partial charge on any atom is 0.0806 e. The van der Waals surface area contributed by atoms with Gasteiger partial charge < -0.3 is 10.1 Å². The lowest BCUT2D eigenvalue weighted by atomic mass is 9.84. The molecule has 1 aliphatic rings. The van der Waals surface area contributed by atoms with E-state index >= 15 is 0 Å². The minimum absolute atomic E-state index is 0.147. The standard InChI is InChI=1S/C17H35NO/c1-4-7-11-16(5-2)14-19-17(15-18-6-3)12-9-8-10-13-17/h16,18H,4-15H2,1-3H3. The molecule has 0 saturated heterocycles. The molecule has 1 unspecified atom stereocenters. The second kappa shape index (κ2) is 9.77. The molecule has 0 aliphatic heterocycles. The predicted molar refractivity (Wildman–Crippen MR) is 83.6 cm³/mol. The molecule has 0 aromatic rings. The zero-order valence-corrected chi connectivity index (χ0v) is 13.5. The lowest BCUT2D eigenvalue weighted by molar-refractivity contribution is -0.0826. The van der Waals surface area contributed by atoms with Crippen molar-refractivity contribution in [2.24, 2.45) is 5.92 Å². The molecule has 2 nitrogen and oxygen atoms in total. The zero-order valence-electron chi connectivity index (χ0n) is 13.5. The Labute approximate surface area is 120 Å². The van der Waals surface area contributed by atoms with Gasteiger partial charge in [-0.3, -0.25) is 0 Å². The Balaban J connectivity index is 2.42. The van der Waals surface area contributed by atoms with Crippen LogP contribution in [0.15, 0.2) is 0 Å². The van der Waals surface area contributed by atoms with Gasteiger partial charge >= 0.3 is 0 Å². The van der Waals surface area contributed by atoms with E-state index in [1.807, 2.05) is 0 Å². The van der Waals surface area contributed by atoms with Crippen molar-refractivity contribution < 1.29 is 4.74 Å². The van der Waals surface area contributed by atoms with Crippen molar-refractivity contribution in [3.8, 4) is 0 Å². The van der Waals surface area contributed by atoms with E-state index in [4.69, 9.17) is 4.74 Å². The van der Waals surface area contributed by atoms with E-state index in [1.165, 1.54) is 57.8 Å². The first-order valence-corrected chi connectivity index (χ1v) is 8.61. The average molecular weight is 269 g/mol. The zero-order chi connectivity index (χ0) is 14.0. The first-order valence-electron chi connectivity index (χ1n) is 8.61. The molecule has 19 heavy (non-hydrogen) atoms. The molecule has 0 radical (unpaired) electrons. The van der Waals surface area contributed by atoms with E-state index in [1.54, 1.807) is 0 Å². The molecule has 1 saturated carbocycles. The summed E-state index contributed by atoms with van der Waals surface area (Å²) in [5.74, 6) is 0.764. The van der Waals surface area contributed by atoms with Gasteiger partial charge in [-0.25, -0.2) is 0 Å². The third kappa shape index (κ3) is 6.27. The van der Waals surface area contributed by atoms with Crippen LogP contribution >= 0.6 is 0 Å². The SMILES string of the molecule is CCCCC(CC)COC1(CNCC)CCCCC1. The number of hydrogen-bond donors (Lipinski definition) is 1. The van der Waals surface area contributed by atoms with Gasteiger partial charge in [-0.1, -0.05) is 59.3 Å². The molecule has 1 fully saturated rings. The molecular weight excluding hydrogens is 234 g/mol. The first-order chi connectivity index (χ1) is 9.26. The van der Waals surface area contributed by atoms with Gasteiger partial charge in [0.05, 0.1) is 12.2 Å². The van der Waals surface area contributed by atoms with E-state index in [0.29, 0.717) is 0 Å². The van der Waals surface area contributed by atoms with Crippen LogP contribution < -0.4 is 5.32 Å². The fraction of sp³-hybridized carbons (Fsp3) is 1.00. The Kier molecular flexibility index (Phi) is 8.72. The summed E-state index contributed by atoms with van der Waals surface area (Å²) in [4.78, 5) is 0. The van der Waals surface area contributed by atoms with E-state index in [2.05, 4.69) is 26.1 Å². The summed E-state index contributed by atoms with van der Waals surface area (Å²) in [7, 11) is 0. The van der Waals surface area contributed by atoms with Gasteiger partial charge in [0.2, 0.25) is 0 Å². The minimum Gasteiger partial charge on any atom is -0.373 e. The highest BCUT2D eigenvalue weighted by Gasteiger charge is 2.32. The first kappa shape index (κ1) is 17.0. The molecule has 0 aromatic heterocycles. The second-order valence-corrected chi connectivity index (χ2v) is 6.25. The lowest BCUT2D eigenvalue weighted by Crippen LogP contribution is -2.45. The summed E-state index contributed by atoms with van der Waals surface area (Å²) in [6, 6.07) is 0. The van der Waals surface area contributed by atoms with Crippen molar-refractivity contribution in [2.75, 3.05) is 19.7 Å². The number of nitrogens with one attached hydrogen (secondary N) is 1. The smallest absolute Gasteiger partial charge is 0.0806 e. The summed E-state index contributed by atoms with van der Waals surface area (Å²) >= 11 is 0. The van der Waals surface area contributed by atoms with Gasteiger partial charge in [0.25, 0.3) is 0 Å². The van der Waals surface area contributed by atoms with Crippen molar-refractivity contribution in [3.05, 3.63) is 0 Å². The summed E-state index contributed by atoms with van der Waals surface area (Å²) in [5.41, 5.74) is 0.147. The fourth-order valence-corrected chi connectivity index (χ4v) is 3.11. The Morgan fingerprint density at radius 3 is 2.42 bits per heavy atom. The topological polar surface area (TPSA) is 21.3 Å². The summed E-state index contributed by atoms with van der Waals surface area (Å²) < 4.78 is 6.46. The normalized spacial score (nSPS) is 20.4. The minimum atomic E-state index is 0.147. The second-order valence-electron chi connectivity index (χ2n) is 6.25.